The first-order valence-corrected chi connectivity index (χ1v) is 7.79. The van der Waals surface area contributed by atoms with Crippen molar-refractivity contribution in [3.8, 4) is 11.5 Å². The standard InChI is InChI=1S/C19H19NO5/c1-22-14-8-9-15-16(20-24-3)11-17(25-18(15)10-14)12-4-6-13(7-5-12)19(21)23-2/h4-10,17H,11H2,1-3H3. The van der Waals surface area contributed by atoms with Gasteiger partial charge in [0.2, 0.25) is 0 Å². The lowest BCUT2D eigenvalue weighted by Gasteiger charge is -2.27. The molecule has 1 unspecified atom stereocenters. The monoisotopic (exact) mass is 341 g/mol. The second kappa shape index (κ2) is 7.25. The van der Waals surface area contributed by atoms with Crippen LogP contribution < -0.4 is 9.47 Å². The smallest absolute Gasteiger partial charge is 0.337 e. The second-order valence-corrected chi connectivity index (χ2v) is 5.51. The molecule has 3 rings (SSSR count). The van der Waals surface area contributed by atoms with E-state index in [-0.39, 0.29) is 12.1 Å². The van der Waals surface area contributed by atoms with Crippen LogP contribution in [-0.2, 0) is 9.57 Å². The number of rotatable bonds is 4. The Morgan fingerprint density at radius 3 is 2.52 bits per heavy atom. The van der Waals surface area contributed by atoms with Gasteiger partial charge in [0.1, 0.15) is 24.7 Å². The first kappa shape index (κ1) is 16.8. The molecular weight excluding hydrogens is 322 g/mol. The maximum absolute atomic E-state index is 11.6. The second-order valence-electron chi connectivity index (χ2n) is 5.51. The molecule has 25 heavy (non-hydrogen) atoms. The molecule has 1 aliphatic heterocycles. The Morgan fingerprint density at radius 1 is 1.12 bits per heavy atom. The van der Waals surface area contributed by atoms with Crippen LogP contribution in [0.4, 0.5) is 0 Å². The highest BCUT2D eigenvalue weighted by Crippen LogP contribution is 2.37. The first-order valence-electron chi connectivity index (χ1n) is 7.79. The predicted molar refractivity (Wildman–Crippen MR) is 92.3 cm³/mol. The molecule has 0 radical (unpaired) electrons. The number of carbonyl (C=O) groups is 1. The van der Waals surface area contributed by atoms with Gasteiger partial charge in [-0.2, -0.15) is 0 Å². The largest absolute Gasteiger partial charge is 0.497 e. The third-order valence-electron chi connectivity index (χ3n) is 4.05. The van der Waals surface area contributed by atoms with E-state index >= 15 is 0 Å². The van der Waals surface area contributed by atoms with Gasteiger partial charge in [-0.25, -0.2) is 4.79 Å². The Morgan fingerprint density at radius 2 is 1.88 bits per heavy atom. The molecule has 130 valence electrons. The molecule has 0 fully saturated rings. The van der Waals surface area contributed by atoms with Crippen LogP contribution in [0, 0.1) is 0 Å². The maximum atomic E-state index is 11.6. The summed E-state index contributed by atoms with van der Waals surface area (Å²) in [6.45, 7) is 0. The molecule has 0 saturated carbocycles. The summed E-state index contributed by atoms with van der Waals surface area (Å²) in [5.41, 5.74) is 3.11. The number of benzene rings is 2. The van der Waals surface area contributed by atoms with Gasteiger partial charge in [-0.05, 0) is 29.8 Å². The van der Waals surface area contributed by atoms with Gasteiger partial charge < -0.3 is 19.0 Å². The normalized spacial score (nSPS) is 17.4. The molecule has 0 bridgehead atoms. The molecule has 1 heterocycles. The molecule has 0 saturated heterocycles. The number of esters is 1. The topological polar surface area (TPSA) is 66.4 Å². The molecule has 0 amide bonds. The minimum absolute atomic E-state index is 0.236. The molecule has 1 aliphatic rings. The third-order valence-corrected chi connectivity index (χ3v) is 4.05. The van der Waals surface area contributed by atoms with Crippen molar-refractivity contribution in [2.75, 3.05) is 21.3 Å². The average molecular weight is 341 g/mol. The molecule has 2 aromatic carbocycles. The quantitative estimate of drug-likeness (QED) is 0.630. The van der Waals surface area contributed by atoms with E-state index in [2.05, 4.69) is 5.16 Å². The number of methoxy groups -OCH3 is 2. The summed E-state index contributed by atoms with van der Waals surface area (Å²) in [5, 5.41) is 4.14. The van der Waals surface area contributed by atoms with Crippen LogP contribution in [0.3, 0.4) is 0 Å². The average Bonchev–Trinajstić information content (AvgIpc) is 2.67. The third kappa shape index (κ3) is 3.42. The van der Waals surface area contributed by atoms with Crippen molar-refractivity contribution in [2.45, 2.75) is 12.5 Å². The Hall–Kier alpha value is -3.02. The van der Waals surface area contributed by atoms with Gasteiger partial charge >= 0.3 is 5.97 Å². The van der Waals surface area contributed by atoms with Crippen molar-refractivity contribution in [3.05, 3.63) is 59.2 Å². The number of oxime groups is 1. The zero-order chi connectivity index (χ0) is 17.8. The molecule has 6 heteroatoms. The van der Waals surface area contributed by atoms with E-state index in [0.717, 1.165) is 16.8 Å². The summed E-state index contributed by atoms with van der Waals surface area (Å²) in [4.78, 5) is 16.6. The van der Waals surface area contributed by atoms with E-state index in [1.807, 2.05) is 30.3 Å². The van der Waals surface area contributed by atoms with Crippen molar-refractivity contribution in [1.29, 1.82) is 0 Å². The molecule has 0 aromatic heterocycles. The summed E-state index contributed by atoms with van der Waals surface area (Å²) in [7, 11) is 4.49. The van der Waals surface area contributed by atoms with Crippen molar-refractivity contribution in [2.24, 2.45) is 5.16 Å². The van der Waals surface area contributed by atoms with Crippen LogP contribution in [0.5, 0.6) is 11.5 Å². The number of hydrogen-bond donors (Lipinski definition) is 0. The van der Waals surface area contributed by atoms with Crippen LogP contribution in [-0.4, -0.2) is 33.0 Å². The van der Waals surface area contributed by atoms with Gasteiger partial charge in [0, 0.05) is 18.1 Å². The minimum Gasteiger partial charge on any atom is -0.497 e. The molecule has 0 aliphatic carbocycles. The van der Waals surface area contributed by atoms with Crippen LogP contribution in [0.2, 0.25) is 0 Å². The van der Waals surface area contributed by atoms with E-state index in [1.54, 1.807) is 19.2 Å². The fourth-order valence-corrected chi connectivity index (χ4v) is 2.78. The zero-order valence-corrected chi connectivity index (χ0v) is 14.3. The molecule has 6 nitrogen and oxygen atoms in total. The Balaban J connectivity index is 1.93. The van der Waals surface area contributed by atoms with Crippen molar-refractivity contribution >= 4 is 11.7 Å². The van der Waals surface area contributed by atoms with Gasteiger partial charge in [0.25, 0.3) is 0 Å². The van der Waals surface area contributed by atoms with Crippen LogP contribution in [0.15, 0.2) is 47.6 Å². The Kier molecular flexibility index (Phi) is 4.88. The van der Waals surface area contributed by atoms with Crippen LogP contribution in [0.1, 0.15) is 34.0 Å². The van der Waals surface area contributed by atoms with E-state index in [1.165, 1.54) is 14.2 Å². The van der Waals surface area contributed by atoms with Crippen molar-refractivity contribution in [3.63, 3.8) is 0 Å². The summed E-state index contributed by atoms with van der Waals surface area (Å²) in [5.74, 6) is 1.02. The maximum Gasteiger partial charge on any atom is 0.337 e. The zero-order valence-electron chi connectivity index (χ0n) is 14.3. The molecule has 2 aromatic rings. The lowest BCUT2D eigenvalue weighted by atomic mass is 9.95. The summed E-state index contributed by atoms with van der Waals surface area (Å²) in [6, 6.07) is 12.7. The van der Waals surface area contributed by atoms with E-state index in [0.29, 0.717) is 23.5 Å². The molecule has 0 N–H and O–H groups in total. The lowest BCUT2D eigenvalue weighted by Crippen LogP contribution is -2.21. The lowest BCUT2D eigenvalue weighted by molar-refractivity contribution is 0.0600. The van der Waals surface area contributed by atoms with Crippen LogP contribution in [0.25, 0.3) is 0 Å². The molecule has 1 atom stereocenters. The van der Waals surface area contributed by atoms with Gasteiger partial charge in [0.05, 0.1) is 25.5 Å². The van der Waals surface area contributed by atoms with E-state index in [9.17, 15) is 4.79 Å². The van der Waals surface area contributed by atoms with Crippen molar-refractivity contribution < 1.29 is 23.8 Å². The van der Waals surface area contributed by atoms with Gasteiger partial charge in [-0.1, -0.05) is 17.3 Å². The number of nitrogens with zero attached hydrogens (tertiary/aromatic N) is 1. The summed E-state index contributed by atoms with van der Waals surface area (Å²) in [6.07, 6.45) is 0.324. The number of ether oxygens (including phenoxy) is 3. The predicted octanol–water partition coefficient (Wildman–Crippen LogP) is 3.36. The molecule has 0 spiro atoms. The fourth-order valence-electron chi connectivity index (χ4n) is 2.78. The highest BCUT2D eigenvalue weighted by molar-refractivity contribution is 6.04. The van der Waals surface area contributed by atoms with Crippen molar-refractivity contribution in [1.82, 2.24) is 0 Å². The number of carbonyl (C=O) groups excluding carboxylic acids is 1. The molecular formula is C19H19NO5. The van der Waals surface area contributed by atoms with Crippen LogP contribution >= 0.6 is 0 Å². The summed E-state index contributed by atoms with van der Waals surface area (Å²) < 4.78 is 16.1. The number of hydrogen-bond acceptors (Lipinski definition) is 6. The first-order chi connectivity index (χ1) is 12.2. The van der Waals surface area contributed by atoms with Gasteiger partial charge in [0.15, 0.2) is 0 Å². The Bertz CT molecular complexity index is 798. The minimum atomic E-state index is -0.368. The highest BCUT2D eigenvalue weighted by Gasteiger charge is 2.27. The fraction of sp³-hybridized carbons (Fsp3) is 0.263. The SMILES string of the molecule is CON=C1CC(c2ccc(C(=O)OC)cc2)Oc2cc(OC)ccc21. The Labute approximate surface area is 146 Å². The van der Waals surface area contributed by atoms with Gasteiger partial charge in [-0.15, -0.1) is 0 Å². The highest BCUT2D eigenvalue weighted by atomic mass is 16.6. The summed E-state index contributed by atoms with van der Waals surface area (Å²) >= 11 is 0. The van der Waals surface area contributed by atoms with Gasteiger partial charge in [-0.3, -0.25) is 0 Å². The number of fused-ring (bicyclic) bond motifs is 1. The van der Waals surface area contributed by atoms with E-state index in [4.69, 9.17) is 19.0 Å². The van der Waals surface area contributed by atoms with E-state index < -0.39 is 0 Å².